The second-order valence-electron chi connectivity index (χ2n) is 7.63. The van der Waals surface area contributed by atoms with Crippen LogP contribution in [0.4, 0.5) is 0 Å². The smallest absolute Gasteiger partial charge is 0.339 e. The molecule has 6 heteroatoms. The number of amides is 1. The standard InChI is InChI=1S/C25H27NO5/c1-16(2)15-30-19-9-10-20-17(3)21(25(29)31-23(20)13-19)11-12-24(28)26-14-22(27)18-7-5-4-6-8-18/h4-10,13,22,27H,1,11-12,14-15H2,2-3H3,(H,26,28)/t22-/m1/s1. The number of hydrogen-bond donors (Lipinski definition) is 2. The average Bonchev–Trinajstić information content (AvgIpc) is 2.76. The summed E-state index contributed by atoms with van der Waals surface area (Å²) in [6, 6.07) is 14.5. The molecule has 1 atom stereocenters. The third-order valence-corrected chi connectivity index (χ3v) is 5.02. The molecule has 0 unspecified atom stereocenters. The molecule has 0 saturated heterocycles. The van der Waals surface area contributed by atoms with Crippen molar-refractivity contribution in [2.24, 2.45) is 0 Å². The van der Waals surface area contributed by atoms with Crippen molar-refractivity contribution in [3.8, 4) is 5.75 Å². The predicted octanol–water partition coefficient (Wildman–Crippen LogP) is 3.84. The molecular formula is C25H27NO5. The van der Waals surface area contributed by atoms with Crippen molar-refractivity contribution >= 4 is 16.9 Å². The van der Waals surface area contributed by atoms with Crippen molar-refractivity contribution in [1.29, 1.82) is 0 Å². The number of benzene rings is 2. The topological polar surface area (TPSA) is 88.8 Å². The van der Waals surface area contributed by atoms with Gasteiger partial charge in [0.1, 0.15) is 17.9 Å². The lowest BCUT2D eigenvalue weighted by atomic mass is 10.0. The van der Waals surface area contributed by atoms with E-state index < -0.39 is 11.7 Å². The molecule has 2 N–H and O–H groups in total. The molecule has 1 amide bonds. The number of hydrogen-bond acceptors (Lipinski definition) is 5. The van der Waals surface area contributed by atoms with Crippen LogP contribution in [-0.2, 0) is 11.2 Å². The average molecular weight is 421 g/mol. The lowest BCUT2D eigenvalue weighted by Gasteiger charge is -2.13. The quantitative estimate of drug-likeness (QED) is 0.405. The van der Waals surface area contributed by atoms with E-state index in [4.69, 9.17) is 9.15 Å². The number of aliphatic hydroxyl groups is 1. The fourth-order valence-electron chi connectivity index (χ4n) is 3.29. The molecule has 3 aromatic rings. The summed E-state index contributed by atoms with van der Waals surface area (Å²) in [4.78, 5) is 24.7. The van der Waals surface area contributed by atoms with Gasteiger partial charge in [-0.15, -0.1) is 0 Å². The molecule has 1 heterocycles. The van der Waals surface area contributed by atoms with Gasteiger partial charge in [-0.2, -0.15) is 0 Å². The van der Waals surface area contributed by atoms with Crippen LogP contribution in [0, 0.1) is 6.92 Å². The Morgan fingerprint density at radius 2 is 1.97 bits per heavy atom. The number of fused-ring (bicyclic) bond motifs is 1. The molecule has 0 aliphatic rings. The van der Waals surface area contributed by atoms with E-state index in [1.807, 2.05) is 44.2 Å². The second kappa shape index (κ2) is 10.1. The maximum absolute atomic E-state index is 12.5. The Kier molecular flexibility index (Phi) is 7.26. The third-order valence-electron chi connectivity index (χ3n) is 5.02. The van der Waals surface area contributed by atoms with Crippen molar-refractivity contribution in [2.75, 3.05) is 13.2 Å². The summed E-state index contributed by atoms with van der Waals surface area (Å²) in [5, 5.41) is 13.7. The molecule has 0 aliphatic heterocycles. The number of ether oxygens (including phenoxy) is 1. The number of carbonyl (C=O) groups is 1. The number of nitrogens with one attached hydrogen (secondary N) is 1. The van der Waals surface area contributed by atoms with Crippen molar-refractivity contribution in [2.45, 2.75) is 32.8 Å². The summed E-state index contributed by atoms with van der Waals surface area (Å²) in [7, 11) is 0. The zero-order valence-corrected chi connectivity index (χ0v) is 17.8. The van der Waals surface area contributed by atoms with Crippen molar-refractivity contribution in [3.05, 3.63) is 87.8 Å². The summed E-state index contributed by atoms with van der Waals surface area (Å²) < 4.78 is 11.1. The monoisotopic (exact) mass is 421 g/mol. The Hall–Kier alpha value is -3.38. The van der Waals surface area contributed by atoms with E-state index in [2.05, 4.69) is 11.9 Å². The predicted molar refractivity (Wildman–Crippen MR) is 120 cm³/mol. The number of aliphatic hydroxyl groups excluding tert-OH is 1. The molecule has 162 valence electrons. The molecule has 0 spiro atoms. The Morgan fingerprint density at radius 3 is 2.68 bits per heavy atom. The molecule has 31 heavy (non-hydrogen) atoms. The molecule has 1 aromatic heterocycles. The van der Waals surface area contributed by atoms with E-state index in [9.17, 15) is 14.7 Å². The van der Waals surface area contributed by atoms with E-state index in [-0.39, 0.29) is 25.3 Å². The maximum atomic E-state index is 12.5. The van der Waals surface area contributed by atoms with Crippen molar-refractivity contribution in [1.82, 2.24) is 5.32 Å². The van der Waals surface area contributed by atoms with Gasteiger partial charge >= 0.3 is 5.63 Å². The van der Waals surface area contributed by atoms with Crippen LogP contribution >= 0.6 is 0 Å². The first-order chi connectivity index (χ1) is 14.8. The van der Waals surface area contributed by atoms with Crippen LogP contribution in [0.25, 0.3) is 11.0 Å². The van der Waals surface area contributed by atoms with Gasteiger partial charge in [-0.25, -0.2) is 4.79 Å². The minimum absolute atomic E-state index is 0.112. The highest BCUT2D eigenvalue weighted by molar-refractivity contribution is 5.82. The van der Waals surface area contributed by atoms with Gasteiger partial charge in [0.2, 0.25) is 5.91 Å². The zero-order valence-electron chi connectivity index (χ0n) is 17.8. The first-order valence-corrected chi connectivity index (χ1v) is 10.2. The van der Waals surface area contributed by atoms with E-state index in [1.54, 1.807) is 18.2 Å². The summed E-state index contributed by atoms with van der Waals surface area (Å²) in [5.41, 5.74) is 2.87. The van der Waals surface area contributed by atoms with Crippen molar-refractivity contribution < 1.29 is 19.1 Å². The number of rotatable bonds is 9. The highest BCUT2D eigenvalue weighted by Crippen LogP contribution is 2.25. The van der Waals surface area contributed by atoms with Gasteiger partial charge in [-0.05, 0) is 49.1 Å². The number of aryl methyl sites for hydroxylation is 1. The van der Waals surface area contributed by atoms with Gasteiger partial charge in [0.15, 0.2) is 0 Å². The van der Waals surface area contributed by atoms with Crippen LogP contribution in [0.1, 0.15) is 36.1 Å². The summed E-state index contributed by atoms with van der Waals surface area (Å²) in [6.07, 6.45) is -0.400. The molecular weight excluding hydrogens is 394 g/mol. The van der Waals surface area contributed by atoms with E-state index in [0.717, 1.165) is 22.1 Å². The zero-order chi connectivity index (χ0) is 22.4. The Labute approximate surface area is 181 Å². The fraction of sp³-hybridized carbons (Fsp3) is 0.280. The van der Waals surface area contributed by atoms with E-state index in [1.165, 1.54) is 0 Å². The Balaban J connectivity index is 1.64. The van der Waals surface area contributed by atoms with Gasteiger partial charge in [0, 0.05) is 30.0 Å². The van der Waals surface area contributed by atoms with E-state index >= 15 is 0 Å². The van der Waals surface area contributed by atoms with Crippen LogP contribution in [0.5, 0.6) is 5.75 Å². The van der Waals surface area contributed by atoms with Crippen LogP contribution in [0.3, 0.4) is 0 Å². The summed E-state index contributed by atoms with van der Waals surface area (Å²) in [5.74, 6) is 0.361. The molecule has 0 fully saturated rings. The molecule has 0 bridgehead atoms. The first-order valence-electron chi connectivity index (χ1n) is 10.2. The third kappa shape index (κ3) is 5.83. The fourth-order valence-corrected chi connectivity index (χ4v) is 3.29. The van der Waals surface area contributed by atoms with Crippen LogP contribution in [0.15, 0.2) is 69.9 Å². The summed E-state index contributed by atoms with van der Waals surface area (Å²) >= 11 is 0. The maximum Gasteiger partial charge on any atom is 0.339 e. The van der Waals surface area contributed by atoms with Crippen LogP contribution in [0.2, 0.25) is 0 Å². The molecule has 0 aliphatic carbocycles. The molecule has 6 nitrogen and oxygen atoms in total. The van der Waals surface area contributed by atoms with Gasteiger partial charge in [0.05, 0.1) is 6.10 Å². The van der Waals surface area contributed by atoms with Gasteiger partial charge in [-0.1, -0.05) is 36.9 Å². The Morgan fingerprint density at radius 1 is 1.23 bits per heavy atom. The van der Waals surface area contributed by atoms with Gasteiger partial charge in [-0.3, -0.25) is 4.79 Å². The van der Waals surface area contributed by atoms with Crippen LogP contribution in [-0.4, -0.2) is 24.2 Å². The summed E-state index contributed by atoms with van der Waals surface area (Å²) in [6.45, 7) is 8.02. The Bertz CT molecular complexity index is 1130. The normalized spacial score (nSPS) is 11.8. The minimum atomic E-state index is -0.779. The second-order valence-corrected chi connectivity index (χ2v) is 7.63. The molecule has 3 rings (SSSR count). The molecule has 0 radical (unpaired) electrons. The van der Waals surface area contributed by atoms with E-state index in [0.29, 0.717) is 23.5 Å². The minimum Gasteiger partial charge on any atom is -0.489 e. The van der Waals surface area contributed by atoms with Crippen LogP contribution < -0.4 is 15.7 Å². The lowest BCUT2D eigenvalue weighted by molar-refractivity contribution is -0.121. The highest BCUT2D eigenvalue weighted by atomic mass is 16.5. The highest BCUT2D eigenvalue weighted by Gasteiger charge is 2.15. The largest absolute Gasteiger partial charge is 0.489 e. The van der Waals surface area contributed by atoms with Crippen molar-refractivity contribution in [3.63, 3.8) is 0 Å². The van der Waals surface area contributed by atoms with Gasteiger partial charge in [0.25, 0.3) is 0 Å². The number of carbonyl (C=O) groups excluding carboxylic acids is 1. The molecule has 0 saturated carbocycles. The molecule has 2 aromatic carbocycles. The van der Waals surface area contributed by atoms with Gasteiger partial charge < -0.3 is 19.6 Å². The SMILES string of the molecule is C=C(C)COc1ccc2c(C)c(CCC(=O)NC[C@@H](O)c3ccccc3)c(=O)oc2c1. The first kappa shape index (κ1) is 22.3. The lowest BCUT2D eigenvalue weighted by Crippen LogP contribution is -2.29.